The van der Waals surface area contributed by atoms with E-state index in [1.54, 1.807) is 0 Å². The van der Waals surface area contributed by atoms with Gasteiger partial charge in [-0.1, -0.05) is 55.4 Å². The van der Waals surface area contributed by atoms with Gasteiger partial charge in [0.15, 0.2) is 0 Å². The Kier molecular flexibility index (Phi) is 7.11. The first kappa shape index (κ1) is 20.9. The highest BCUT2D eigenvalue weighted by atomic mass is 16.4. The quantitative estimate of drug-likeness (QED) is 0.655. The summed E-state index contributed by atoms with van der Waals surface area (Å²) in [5, 5.41) is 19.6. The van der Waals surface area contributed by atoms with Crippen LogP contribution in [0.15, 0.2) is 0 Å². The Labute approximate surface area is 135 Å². The average molecular weight is 314 g/mol. The van der Waals surface area contributed by atoms with Gasteiger partial charge in [-0.25, -0.2) is 0 Å². The molecule has 22 heavy (non-hydrogen) atoms. The van der Waals surface area contributed by atoms with Crippen molar-refractivity contribution in [2.75, 3.05) is 0 Å². The fraction of sp³-hybridized carbons (Fsp3) is 0.889. The Morgan fingerprint density at radius 3 is 1.09 bits per heavy atom. The van der Waals surface area contributed by atoms with E-state index in [1.165, 1.54) is 0 Å². The summed E-state index contributed by atoms with van der Waals surface area (Å²) in [5.74, 6) is -3.17. The standard InChI is InChI=1S/C18H34O4/c1-11(2)9-17(5,6)13(15(19)20)14(16(21)22)18(7,8)10-12(3)4/h11-14H,9-10H2,1-8H3,(H,19,20)(H,21,22). The van der Waals surface area contributed by atoms with E-state index >= 15 is 0 Å². The van der Waals surface area contributed by atoms with Gasteiger partial charge in [0.1, 0.15) is 0 Å². The Balaban J connectivity index is 5.84. The van der Waals surface area contributed by atoms with Crippen molar-refractivity contribution in [2.24, 2.45) is 34.5 Å². The maximum Gasteiger partial charge on any atom is 0.307 e. The van der Waals surface area contributed by atoms with Crippen molar-refractivity contribution < 1.29 is 19.8 Å². The zero-order chi connectivity index (χ0) is 17.9. The average Bonchev–Trinajstić information content (AvgIpc) is 2.19. The molecule has 2 unspecified atom stereocenters. The minimum Gasteiger partial charge on any atom is -0.481 e. The number of carboxylic acid groups (broad SMARTS) is 2. The summed E-state index contributed by atoms with van der Waals surface area (Å²) < 4.78 is 0. The number of aliphatic carboxylic acids is 2. The van der Waals surface area contributed by atoms with Crippen LogP contribution in [0, 0.1) is 34.5 Å². The van der Waals surface area contributed by atoms with Crippen molar-refractivity contribution >= 4 is 11.9 Å². The Bertz CT molecular complexity index is 356. The fourth-order valence-electron chi connectivity index (χ4n) is 4.21. The molecule has 0 fully saturated rings. The molecule has 0 rings (SSSR count). The zero-order valence-electron chi connectivity index (χ0n) is 15.4. The molecule has 4 heteroatoms. The van der Waals surface area contributed by atoms with Crippen LogP contribution in [-0.2, 0) is 9.59 Å². The first-order valence-electron chi connectivity index (χ1n) is 8.18. The molecule has 2 atom stereocenters. The second kappa shape index (κ2) is 7.47. The minimum absolute atomic E-state index is 0.319. The number of hydrogen-bond donors (Lipinski definition) is 2. The lowest BCUT2D eigenvalue weighted by molar-refractivity contribution is -0.166. The molecule has 0 aliphatic rings. The van der Waals surface area contributed by atoms with Gasteiger partial charge in [-0.2, -0.15) is 0 Å². The van der Waals surface area contributed by atoms with Crippen LogP contribution in [0.1, 0.15) is 68.2 Å². The molecule has 0 aromatic rings. The molecule has 2 N–H and O–H groups in total. The Morgan fingerprint density at radius 1 is 0.727 bits per heavy atom. The molecular weight excluding hydrogens is 280 g/mol. The lowest BCUT2D eigenvalue weighted by Gasteiger charge is -2.43. The Morgan fingerprint density at radius 2 is 0.955 bits per heavy atom. The molecule has 0 aromatic carbocycles. The summed E-state index contributed by atoms with van der Waals surface area (Å²) in [7, 11) is 0. The molecule has 0 aromatic heterocycles. The summed E-state index contributed by atoms with van der Waals surface area (Å²) >= 11 is 0. The molecule has 4 nitrogen and oxygen atoms in total. The van der Waals surface area contributed by atoms with Crippen LogP contribution in [0.2, 0.25) is 0 Å². The van der Waals surface area contributed by atoms with E-state index in [1.807, 2.05) is 55.4 Å². The van der Waals surface area contributed by atoms with E-state index in [0.29, 0.717) is 24.7 Å². The first-order valence-corrected chi connectivity index (χ1v) is 8.18. The minimum atomic E-state index is -1.00. The zero-order valence-corrected chi connectivity index (χ0v) is 15.4. The maximum atomic E-state index is 11.9. The third kappa shape index (κ3) is 5.62. The van der Waals surface area contributed by atoms with Crippen molar-refractivity contribution in [2.45, 2.75) is 68.2 Å². The van der Waals surface area contributed by atoms with Crippen LogP contribution in [-0.4, -0.2) is 22.2 Å². The molecule has 0 aliphatic heterocycles. The molecular formula is C18H34O4. The number of carboxylic acids is 2. The molecule has 0 amide bonds. The number of carbonyl (C=O) groups is 2. The summed E-state index contributed by atoms with van der Waals surface area (Å²) in [5.41, 5.74) is -1.14. The van der Waals surface area contributed by atoms with E-state index < -0.39 is 34.6 Å². The van der Waals surface area contributed by atoms with Crippen molar-refractivity contribution in [3.05, 3.63) is 0 Å². The highest BCUT2D eigenvalue weighted by Crippen LogP contribution is 2.47. The van der Waals surface area contributed by atoms with Crippen LogP contribution in [0.3, 0.4) is 0 Å². The van der Waals surface area contributed by atoms with Crippen molar-refractivity contribution in [1.29, 1.82) is 0 Å². The van der Waals surface area contributed by atoms with Crippen molar-refractivity contribution in [3.63, 3.8) is 0 Å². The molecule has 0 radical (unpaired) electrons. The largest absolute Gasteiger partial charge is 0.481 e. The van der Waals surface area contributed by atoms with Gasteiger partial charge in [0.05, 0.1) is 11.8 Å². The summed E-state index contributed by atoms with van der Waals surface area (Å²) in [6.07, 6.45) is 1.37. The summed E-state index contributed by atoms with van der Waals surface area (Å²) in [4.78, 5) is 23.9. The summed E-state index contributed by atoms with van der Waals surface area (Å²) in [6.45, 7) is 15.7. The monoisotopic (exact) mass is 314 g/mol. The highest BCUT2D eigenvalue weighted by molar-refractivity contribution is 5.81. The van der Waals surface area contributed by atoms with Gasteiger partial charge >= 0.3 is 11.9 Å². The van der Waals surface area contributed by atoms with Crippen molar-refractivity contribution in [1.82, 2.24) is 0 Å². The van der Waals surface area contributed by atoms with Gasteiger partial charge in [0, 0.05) is 0 Å². The van der Waals surface area contributed by atoms with Crippen molar-refractivity contribution in [3.8, 4) is 0 Å². The fourth-order valence-corrected chi connectivity index (χ4v) is 4.21. The lowest BCUT2D eigenvalue weighted by Crippen LogP contribution is -2.47. The van der Waals surface area contributed by atoms with Gasteiger partial charge in [0.2, 0.25) is 0 Å². The van der Waals surface area contributed by atoms with E-state index in [-0.39, 0.29) is 0 Å². The third-order valence-electron chi connectivity index (χ3n) is 4.42. The topological polar surface area (TPSA) is 74.6 Å². The molecule has 0 aliphatic carbocycles. The number of hydrogen-bond acceptors (Lipinski definition) is 2. The SMILES string of the molecule is CC(C)CC(C)(C)C(C(=O)O)C(C(=O)O)C(C)(C)CC(C)C. The van der Waals surface area contributed by atoms with E-state index in [2.05, 4.69) is 0 Å². The lowest BCUT2D eigenvalue weighted by atomic mass is 9.59. The van der Waals surface area contributed by atoms with Gasteiger partial charge in [-0.15, -0.1) is 0 Å². The smallest absolute Gasteiger partial charge is 0.307 e. The molecule has 130 valence electrons. The van der Waals surface area contributed by atoms with E-state index in [4.69, 9.17) is 0 Å². The Hall–Kier alpha value is -1.06. The molecule has 0 spiro atoms. The highest BCUT2D eigenvalue weighted by Gasteiger charge is 2.50. The second-order valence-electron chi connectivity index (χ2n) is 8.80. The predicted octanol–water partition coefficient (Wildman–Crippen LogP) is 4.53. The van der Waals surface area contributed by atoms with Crippen LogP contribution in [0.25, 0.3) is 0 Å². The van der Waals surface area contributed by atoms with Gasteiger partial charge < -0.3 is 10.2 Å². The van der Waals surface area contributed by atoms with Crippen LogP contribution >= 0.6 is 0 Å². The number of rotatable bonds is 9. The van der Waals surface area contributed by atoms with E-state index in [0.717, 1.165) is 0 Å². The third-order valence-corrected chi connectivity index (χ3v) is 4.42. The second-order valence-corrected chi connectivity index (χ2v) is 8.80. The summed E-state index contributed by atoms with van der Waals surface area (Å²) in [6, 6.07) is 0. The van der Waals surface area contributed by atoms with E-state index in [9.17, 15) is 19.8 Å². The maximum absolute atomic E-state index is 11.9. The molecule has 0 saturated heterocycles. The van der Waals surface area contributed by atoms with Crippen LogP contribution in [0.4, 0.5) is 0 Å². The predicted molar refractivity (Wildman–Crippen MR) is 88.7 cm³/mol. The first-order chi connectivity index (χ1) is 9.72. The van der Waals surface area contributed by atoms with Gasteiger partial charge in [-0.05, 0) is 35.5 Å². The molecule has 0 saturated carbocycles. The molecule has 0 bridgehead atoms. The van der Waals surface area contributed by atoms with Crippen LogP contribution < -0.4 is 0 Å². The normalized spacial score (nSPS) is 15.9. The van der Waals surface area contributed by atoms with Gasteiger partial charge in [0.25, 0.3) is 0 Å². The van der Waals surface area contributed by atoms with Gasteiger partial charge in [-0.3, -0.25) is 9.59 Å². The van der Waals surface area contributed by atoms with Crippen LogP contribution in [0.5, 0.6) is 0 Å². The molecule has 0 heterocycles.